The fourth-order valence-corrected chi connectivity index (χ4v) is 4.63. The van der Waals surface area contributed by atoms with Crippen LogP contribution in [0.2, 0.25) is 0 Å². The molecule has 3 aromatic rings. The highest BCUT2D eigenvalue weighted by Crippen LogP contribution is 2.29. The van der Waals surface area contributed by atoms with Crippen molar-refractivity contribution in [2.45, 2.75) is 32.2 Å². The van der Waals surface area contributed by atoms with Crippen LogP contribution >= 0.6 is 0 Å². The summed E-state index contributed by atoms with van der Waals surface area (Å²) in [4.78, 5) is 31.9. The van der Waals surface area contributed by atoms with Gasteiger partial charge in [0.2, 0.25) is 11.8 Å². The Bertz CT molecular complexity index is 1110. The van der Waals surface area contributed by atoms with Crippen LogP contribution < -0.4 is 4.90 Å². The first-order chi connectivity index (χ1) is 17.2. The average molecular weight is 474 g/mol. The largest absolute Gasteiger partial charge is 0.467 e. The van der Waals surface area contributed by atoms with Crippen LogP contribution in [0.3, 0.4) is 0 Å². The van der Waals surface area contributed by atoms with Gasteiger partial charge in [-0.2, -0.15) is 0 Å². The lowest BCUT2D eigenvalue weighted by Crippen LogP contribution is -2.46. The average Bonchev–Trinajstić information content (AvgIpc) is 3.24. The SMILES string of the molecule is O=C(CN(Cc1ccco1)C(=O)C1CCC1)N1CCCN(c2ccc(-c3ccccc3)nn2)CC1. The van der Waals surface area contributed by atoms with Crippen molar-refractivity contribution in [1.29, 1.82) is 0 Å². The number of hydrogen-bond donors (Lipinski definition) is 0. The smallest absolute Gasteiger partial charge is 0.242 e. The summed E-state index contributed by atoms with van der Waals surface area (Å²) < 4.78 is 5.45. The Kier molecular flexibility index (Phi) is 7.07. The van der Waals surface area contributed by atoms with Crippen molar-refractivity contribution in [2.75, 3.05) is 37.6 Å². The number of furan rings is 1. The minimum absolute atomic E-state index is 0.0170. The lowest BCUT2D eigenvalue weighted by molar-refractivity contribution is -0.145. The van der Waals surface area contributed by atoms with Gasteiger partial charge in [-0.25, -0.2) is 0 Å². The van der Waals surface area contributed by atoms with Crippen molar-refractivity contribution >= 4 is 17.6 Å². The van der Waals surface area contributed by atoms with Gasteiger partial charge in [0.15, 0.2) is 5.82 Å². The van der Waals surface area contributed by atoms with Crippen molar-refractivity contribution in [3.8, 4) is 11.3 Å². The molecule has 3 heterocycles. The van der Waals surface area contributed by atoms with E-state index in [2.05, 4.69) is 15.1 Å². The van der Waals surface area contributed by atoms with Gasteiger partial charge in [-0.05, 0) is 43.5 Å². The standard InChI is InChI=1S/C27H31N5O3/c33-26(20-32(19-23-11-5-18-35-23)27(34)22-9-4-10-22)31-15-6-14-30(16-17-31)25-13-12-24(28-29-25)21-7-2-1-3-8-21/h1-3,5,7-8,11-13,18,22H,4,6,9-10,14-17,19-20H2. The maximum Gasteiger partial charge on any atom is 0.242 e. The number of aromatic nitrogens is 2. The van der Waals surface area contributed by atoms with E-state index in [1.54, 1.807) is 11.2 Å². The van der Waals surface area contributed by atoms with Crippen molar-refractivity contribution in [3.63, 3.8) is 0 Å². The number of carbonyl (C=O) groups excluding carboxylic acids is 2. The minimum atomic E-state index is -0.0170. The molecule has 1 saturated heterocycles. The molecule has 182 valence electrons. The number of hydrogen-bond acceptors (Lipinski definition) is 6. The summed E-state index contributed by atoms with van der Waals surface area (Å²) >= 11 is 0. The van der Waals surface area contributed by atoms with E-state index < -0.39 is 0 Å². The molecule has 0 atom stereocenters. The van der Waals surface area contributed by atoms with Crippen molar-refractivity contribution in [1.82, 2.24) is 20.0 Å². The summed E-state index contributed by atoms with van der Waals surface area (Å²) in [6, 6.07) is 17.6. The molecule has 1 aliphatic carbocycles. The van der Waals surface area contributed by atoms with E-state index in [9.17, 15) is 9.59 Å². The van der Waals surface area contributed by atoms with Crippen molar-refractivity contribution in [3.05, 3.63) is 66.6 Å². The first kappa shape index (κ1) is 23.1. The second kappa shape index (κ2) is 10.7. The van der Waals surface area contributed by atoms with Crippen LogP contribution in [0.1, 0.15) is 31.4 Å². The summed E-state index contributed by atoms with van der Waals surface area (Å²) in [5.41, 5.74) is 1.88. The number of anilines is 1. The minimum Gasteiger partial charge on any atom is -0.467 e. The van der Waals surface area contributed by atoms with E-state index >= 15 is 0 Å². The molecule has 1 saturated carbocycles. The second-order valence-corrected chi connectivity index (χ2v) is 9.27. The number of carbonyl (C=O) groups is 2. The predicted octanol–water partition coefficient (Wildman–Crippen LogP) is 3.60. The molecule has 0 unspecified atom stereocenters. The fourth-order valence-electron chi connectivity index (χ4n) is 4.63. The van der Waals surface area contributed by atoms with Gasteiger partial charge in [0, 0.05) is 37.7 Å². The molecule has 8 nitrogen and oxygen atoms in total. The quantitative estimate of drug-likeness (QED) is 0.521. The van der Waals surface area contributed by atoms with E-state index in [0.717, 1.165) is 49.3 Å². The highest BCUT2D eigenvalue weighted by Gasteiger charge is 2.32. The molecule has 0 N–H and O–H groups in total. The fraction of sp³-hybridized carbons (Fsp3) is 0.407. The summed E-state index contributed by atoms with van der Waals surface area (Å²) in [7, 11) is 0. The molecule has 35 heavy (non-hydrogen) atoms. The second-order valence-electron chi connectivity index (χ2n) is 9.27. The molecule has 8 heteroatoms. The Labute approximate surface area is 205 Å². The molecular weight excluding hydrogens is 442 g/mol. The molecule has 0 radical (unpaired) electrons. The van der Waals surface area contributed by atoms with Gasteiger partial charge in [-0.15, -0.1) is 10.2 Å². The molecule has 2 fully saturated rings. The molecule has 1 aromatic carbocycles. The summed E-state index contributed by atoms with van der Waals surface area (Å²) in [6.45, 7) is 3.16. The number of benzene rings is 1. The van der Waals surface area contributed by atoms with Gasteiger partial charge in [-0.1, -0.05) is 36.8 Å². The lowest BCUT2D eigenvalue weighted by Gasteiger charge is -2.32. The number of amides is 2. The molecule has 1 aliphatic heterocycles. The zero-order valence-corrected chi connectivity index (χ0v) is 19.9. The Morgan fingerprint density at radius 1 is 0.914 bits per heavy atom. The van der Waals surface area contributed by atoms with Crippen molar-refractivity contribution in [2.24, 2.45) is 5.92 Å². The molecule has 2 aliphatic rings. The summed E-state index contributed by atoms with van der Waals surface area (Å²) in [5, 5.41) is 8.86. The molecule has 0 spiro atoms. The van der Waals surface area contributed by atoms with Gasteiger partial charge in [-0.3, -0.25) is 9.59 Å². The molecule has 5 rings (SSSR count). The Balaban J connectivity index is 1.20. The van der Waals surface area contributed by atoms with E-state index in [1.807, 2.05) is 59.5 Å². The zero-order chi connectivity index (χ0) is 24.0. The molecule has 0 bridgehead atoms. The summed E-state index contributed by atoms with van der Waals surface area (Å²) in [6.07, 6.45) is 5.33. The first-order valence-electron chi connectivity index (χ1n) is 12.4. The third-order valence-corrected chi connectivity index (χ3v) is 6.91. The Hall–Kier alpha value is -3.68. The van der Waals surface area contributed by atoms with E-state index in [-0.39, 0.29) is 24.3 Å². The number of rotatable bonds is 7. The topological polar surface area (TPSA) is 82.8 Å². The van der Waals surface area contributed by atoms with Crippen LogP contribution in [0.15, 0.2) is 65.3 Å². The Morgan fingerprint density at radius 2 is 1.77 bits per heavy atom. The van der Waals surface area contributed by atoms with Gasteiger partial charge in [0.1, 0.15) is 12.3 Å². The third kappa shape index (κ3) is 5.53. The van der Waals surface area contributed by atoms with E-state index in [4.69, 9.17) is 4.42 Å². The monoisotopic (exact) mass is 473 g/mol. The first-order valence-corrected chi connectivity index (χ1v) is 12.4. The normalized spacial score (nSPS) is 16.5. The van der Waals surface area contributed by atoms with Crippen LogP contribution in [0, 0.1) is 5.92 Å². The maximum absolute atomic E-state index is 13.2. The van der Waals surface area contributed by atoms with Crippen LogP contribution in [-0.2, 0) is 16.1 Å². The van der Waals surface area contributed by atoms with E-state index in [1.165, 1.54) is 0 Å². The van der Waals surface area contributed by atoms with Crippen LogP contribution in [0.5, 0.6) is 0 Å². The highest BCUT2D eigenvalue weighted by molar-refractivity contribution is 5.86. The van der Waals surface area contributed by atoms with Crippen molar-refractivity contribution < 1.29 is 14.0 Å². The third-order valence-electron chi connectivity index (χ3n) is 6.91. The summed E-state index contributed by atoms with van der Waals surface area (Å²) in [5.74, 6) is 1.60. The van der Waals surface area contributed by atoms with Crippen LogP contribution in [0.4, 0.5) is 5.82 Å². The maximum atomic E-state index is 13.2. The predicted molar refractivity (Wildman–Crippen MR) is 132 cm³/mol. The van der Waals surface area contributed by atoms with Gasteiger partial charge < -0.3 is 19.1 Å². The molecule has 2 aromatic heterocycles. The number of nitrogens with zero attached hydrogens (tertiary/aromatic N) is 5. The van der Waals surface area contributed by atoms with Crippen LogP contribution in [0.25, 0.3) is 11.3 Å². The van der Waals surface area contributed by atoms with Gasteiger partial charge >= 0.3 is 0 Å². The molecule has 2 amide bonds. The molecular formula is C27H31N5O3. The lowest BCUT2D eigenvalue weighted by atomic mass is 9.84. The zero-order valence-electron chi connectivity index (χ0n) is 19.9. The Morgan fingerprint density at radius 3 is 2.46 bits per heavy atom. The van der Waals surface area contributed by atoms with Gasteiger partial charge in [0.25, 0.3) is 0 Å². The van der Waals surface area contributed by atoms with Crippen LogP contribution in [-0.4, -0.2) is 64.5 Å². The highest BCUT2D eigenvalue weighted by atomic mass is 16.3. The van der Waals surface area contributed by atoms with Gasteiger partial charge in [0.05, 0.1) is 18.5 Å². The van der Waals surface area contributed by atoms with E-state index in [0.29, 0.717) is 31.9 Å².